The second-order valence-corrected chi connectivity index (χ2v) is 13.5. The van der Waals surface area contributed by atoms with Gasteiger partial charge in [-0.3, -0.25) is 24.1 Å². The van der Waals surface area contributed by atoms with Crippen LogP contribution >= 0.6 is 22.9 Å². The molecule has 4 aliphatic rings. The topological polar surface area (TPSA) is 104 Å². The number of hydrogen-bond donors (Lipinski definition) is 1. The fraction of sp³-hybridized carbons (Fsp3) is 0.333. The van der Waals surface area contributed by atoms with Crippen LogP contribution in [0.4, 0.5) is 10.1 Å². The van der Waals surface area contributed by atoms with Gasteiger partial charge in [0, 0.05) is 22.4 Å². The normalized spacial score (nSPS) is 29.5. The number of carbonyl (C=O) groups excluding carboxylic acids is 4. The van der Waals surface area contributed by atoms with Gasteiger partial charge in [-0.1, -0.05) is 35.4 Å². The van der Waals surface area contributed by atoms with E-state index in [-0.39, 0.29) is 41.2 Å². The lowest BCUT2D eigenvalue weighted by atomic mass is 9.51. The zero-order chi connectivity index (χ0) is 31.1. The molecule has 3 aromatic rings. The Bertz CT molecular complexity index is 1780. The van der Waals surface area contributed by atoms with Crippen LogP contribution in [0.15, 0.2) is 65.6 Å². The summed E-state index contributed by atoms with van der Waals surface area (Å²) in [5.41, 5.74) is 0.218. The average molecular weight is 635 g/mol. The zero-order valence-electron chi connectivity index (χ0n) is 23.8. The lowest BCUT2D eigenvalue weighted by Gasteiger charge is -2.49. The number of benzene rings is 2. The number of fused-ring (bicyclic) bond motifs is 4. The number of imide groups is 2. The van der Waals surface area contributed by atoms with Gasteiger partial charge in [0.25, 0.3) is 0 Å². The molecule has 8 nitrogen and oxygen atoms in total. The van der Waals surface area contributed by atoms with Crippen molar-refractivity contribution in [3.8, 4) is 11.5 Å². The third kappa shape index (κ3) is 4.00. The smallest absolute Gasteiger partial charge is 0.241 e. The first-order valence-corrected chi connectivity index (χ1v) is 15.6. The average Bonchev–Trinajstić information content (AvgIpc) is 3.66. The highest BCUT2D eigenvalue weighted by Crippen LogP contribution is 2.64. The lowest BCUT2D eigenvalue weighted by Crippen LogP contribution is -2.49. The summed E-state index contributed by atoms with van der Waals surface area (Å²) < 4.78 is 19.7. The molecule has 0 spiro atoms. The largest absolute Gasteiger partial charge is 0.508 e. The molecule has 3 fully saturated rings. The Morgan fingerprint density at radius 1 is 1.07 bits per heavy atom. The van der Waals surface area contributed by atoms with Gasteiger partial charge in [-0.2, -0.15) is 0 Å². The molecule has 4 amide bonds. The molecule has 2 saturated heterocycles. The van der Waals surface area contributed by atoms with Gasteiger partial charge in [0.1, 0.15) is 17.3 Å². The van der Waals surface area contributed by atoms with Crippen LogP contribution in [0.25, 0.3) is 0 Å². The number of anilines is 1. The van der Waals surface area contributed by atoms with Crippen LogP contribution in [0.3, 0.4) is 0 Å². The number of rotatable bonds is 5. The first kappa shape index (κ1) is 28.7. The molecule has 3 heterocycles. The quantitative estimate of drug-likeness (QED) is 0.286. The van der Waals surface area contributed by atoms with E-state index in [0.717, 1.165) is 21.4 Å². The van der Waals surface area contributed by atoms with Crippen molar-refractivity contribution < 1.29 is 33.4 Å². The fourth-order valence-corrected chi connectivity index (χ4v) is 8.81. The number of hydrogen-bond acceptors (Lipinski definition) is 7. The van der Waals surface area contributed by atoms with E-state index in [2.05, 4.69) is 0 Å². The zero-order valence-corrected chi connectivity index (χ0v) is 25.4. The number of nitrogens with zero attached hydrogens (tertiary/aromatic N) is 2. The number of phenols is 1. The van der Waals surface area contributed by atoms with Crippen molar-refractivity contribution in [3.05, 3.63) is 86.8 Å². The minimum atomic E-state index is -1.32. The van der Waals surface area contributed by atoms with Gasteiger partial charge in [-0.15, -0.1) is 11.3 Å². The van der Waals surface area contributed by atoms with E-state index in [1.807, 2.05) is 23.6 Å². The molecule has 7 rings (SSSR count). The van der Waals surface area contributed by atoms with Gasteiger partial charge < -0.3 is 9.84 Å². The molecule has 6 unspecified atom stereocenters. The minimum Gasteiger partial charge on any atom is -0.508 e. The number of likely N-dealkylation sites (tertiary alicyclic amines) is 1. The van der Waals surface area contributed by atoms with Gasteiger partial charge in [0.05, 0.1) is 47.5 Å². The van der Waals surface area contributed by atoms with E-state index in [9.17, 15) is 28.7 Å². The minimum absolute atomic E-state index is 0.0328. The van der Waals surface area contributed by atoms with Gasteiger partial charge >= 0.3 is 0 Å². The third-order valence-corrected chi connectivity index (χ3v) is 11.1. The summed E-state index contributed by atoms with van der Waals surface area (Å²) in [6.45, 7) is 1.94. The molecular weight excluding hydrogens is 607 g/mol. The van der Waals surface area contributed by atoms with Crippen LogP contribution in [0.5, 0.6) is 11.5 Å². The number of carbonyl (C=O) groups is 4. The van der Waals surface area contributed by atoms with E-state index in [4.69, 9.17) is 16.3 Å². The Balaban J connectivity index is 1.37. The van der Waals surface area contributed by atoms with Crippen LogP contribution in [-0.2, 0) is 25.7 Å². The number of allylic oxidation sites excluding steroid dienone is 2. The van der Waals surface area contributed by atoms with Crippen molar-refractivity contribution in [2.75, 3.05) is 12.0 Å². The Labute approximate surface area is 261 Å². The van der Waals surface area contributed by atoms with Crippen LogP contribution in [0.2, 0.25) is 5.02 Å². The molecule has 226 valence electrons. The van der Waals surface area contributed by atoms with Crippen molar-refractivity contribution in [2.45, 2.75) is 32.2 Å². The first-order valence-electron chi connectivity index (χ1n) is 14.3. The maximum Gasteiger partial charge on any atom is 0.241 e. The highest BCUT2D eigenvalue weighted by atomic mass is 35.5. The van der Waals surface area contributed by atoms with Gasteiger partial charge in [-0.05, 0) is 61.4 Å². The number of thiophene rings is 1. The monoisotopic (exact) mass is 634 g/mol. The van der Waals surface area contributed by atoms with Crippen LogP contribution in [0.1, 0.15) is 36.1 Å². The Hall–Kier alpha value is -4.02. The standard InChI is InChI=1S/C33H28ClFN2O6S/c1-33-23(30(40)37(32(33)42)16-5-10-25(35)24(34)12-16)14-22-19(28(33)20-7-6-17(38)13-26(20)43-2)8-9-21-27(22)31(41)36(29(21)39)15-18-4-3-11-44-18/h3-8,10-13,21-23,27-28,38H,9,14-15H2,1-2H3. The Morgan fingerprint density at radius 2 is 1.86 bits per heavy atom. The molecule has 1 aromatic heterocycles. The molecule has 0 bridgehead atoms. The molecule has 0 radical (unpaired) electrons. The molecule has 6 atom stereocenters. The van der Waals surface area contributed by atoms with Crippen molar-refractivity contribution in [3.63, 3.8) is 0 Å². The van der Waals surface area contributed by atoms with E-state index in [0.29, 0.717) is 17.7 Å². The van der Waals surface area contributed by atoms with Crippen LogP contribution in [-0.4, -0.2) is 40.7 Å². The van der Waals surface area contributed by atoms with E-state index >= 15 is 0 Å². The summed E-state index contributed by atoms with van der Waals surface area (Å²) in [5, 5.41) is 11.9. The SMILES string of the molecule is COc1cc(O)ccc1C1C2=CCC3C(=O)N(Cc4cccs4)C(=O)C3C2CC2C(=O)N(c3ccc(F)c(Cl)c3)C(=O)C21C. The summed E-state index contributed by atoms with van der Waals surface area (Å²) in [5.74, 6) is -5.16. The molecule has 11 heteroatoms. The number of halogens is 2. The van der Waals surface area contributed by atoms with Crippen molar-refractivity contribution in [2.24, 2.45) is 29.1 Å². The molecule has 2 aliphatic carbocycles. The van der Waals surface area contributed by atoms with E-state index in [1.165, 1.54) is 47.6 Å². The second-order valence-electron chi connectivity index (χ2n) is 12.0. The molecule has 44 heavy (non-hydrogen) atoms. The van der Waals surface area contributed by atoms with E-state index < -0.39 is 52.6 Å². The summed E-state index contributed by atoms with van der Waals surface area (Å²) in [6.07, 6.45) is 2.46. The van der Waals surface area contributed by atoms with Gasteiger partial charge in [0.15, 0.2) is 0 Å². The molecule has 1 saturated carbocycles. The fourth-order valence-electron chi connectivity index (χ4n) is 7.95. The summed E-state index contributed by atoms with van der Waals surface area (Å²) in [4.78, 5) is 59.7. The molecule has 2 aromatic carbocycles. The number of aromatic hydroxyl groups is 1. The third-order valence-electron chi connectivity index (χ3n) is 9.95. The van der Waals surface area contributed by atoms with E-state index in [1.54, 1.807) is 13.0 Å². The number of phenolic OH excluding ortho intramolecular Hbond substituents is 1. The maximum atomic E-state index is 14.5. The number of ether oxygens (including phenoxy) is 1. The van der Waals surface area contributed by atoms with Crippen molar-refractivity contribution in [1.82, 2.24) is 4.90 Å². The second kappa shape index (κ2) is 10.3. The molecule has 1 N–H and O–H groups in total. The first-order chi connectivity index (χ1) is 21.1. The highest BCUT2D eigenvalue weighted by molar-refractivity contribution is 7.09. The predicted octanol–water partition coefficient (Wildman–Crippen LogP) is 5.69. The van der Waals surface area contributed by atoms with Gasteiger partial charge in [-0.25, -0.2) is 9.29 Å². The Kier molecular flexibility index (Phi) is 6.71. The van der Waals surface area contributed by atoms with Crippen molar-refractivity contribution in [1.29, 1.82) is 0 Å². The number of methoxy groups -OCH3 is 1. The van der Waals surface area contributed by atoms with Crippen molar-refractivity contribution >= 4 is 52.3 Å². The lowest BCUT2D eigenvalue weighted by molar-refractivity contribution is -0.141. The Morgan fingerprint density at radius 3 is 2.57 bits per heavy atom. The maximum absolute atomic E-state index is 14.5. The summed E-state index contributed by atoms with van der Waals surface area (Å²) in [7, 11) is 1.46. The summed E-state index contributed by atoms with van der Waals surface area (Å²) >= 11 is 7.53. The van der Waals surface area contributed by atoms with Crippen LogP contribution in [0, 0.1) is 34.9 Å². The van der Waals surface area contributed by atoms with Gasteiger partial charge in [0.2, 0.25) is 23.6 Å². The highest BCUT2D eigenvalue weighted by Gasteiger charge is 2.68. The predicted molar refractivity (Wildman–Crippen MR) is 161 cm³/mol. The summed E-state index contributed by atoms with van der Waals surface area (Å²) in [6, 6.07) is 12.1. The molecular formula is C33H28ClFN2O6S. The van der Waals surface area contributed by atoms with Crippen LogP contribution < -0.4 is 9.64 Å². The molecule has 2 aliphatic heterocycles. The number of amides is 4.